The summed E-state index contributed by atoms with van der Waals surface area (Å²) in [5, 5.41) is 4.57. The molecule has 0 radical (unpaired) electrons. The van der Waals surface area contributed by atoms with E-state index in [9.17, 15) is 21.6 Å². The Balaban J connectivity index is 2.02. The molecule has 136 valence electrons. The van der Waals surface area contributed by atoms with Crippen molar-refractivity contribution in [2.75, 3.05) is 4.72 Å². The number of rotatable bonds is 3. The molecule has 2 aromatic rings. The largest absolute Gasteiger partial charge is 0.516 e. The third-order valence-corrected chi connectivity index (χ3v) is 5.65. The van der Waals surface area contributed by atoms with Gasteiger partial charge in [0.15, 0.2) is 0 Å². The summed E-state index contributed by atoms with van der Waals surface area (Å²) in [5.74, 6) is 0. The summed E-state index contributed by atoms with van der Waals surface area (Å²) in [6.45, 7) is 0. The van der Waals surface area contributed by atoms with Crippen LogP contribution in [0.5, 0.6) is 0 Å². The van der Waals surface area contributed by atoms with Crippen LogP contribution in [0, 0.1) is 0 Å². The lowest BCUT2D eigenvalue weighted by Gasteiger charge is -2.13. The Bertz CT molecular complexity index is 926. The zero-order valence-electron chi connectivity index (χ0n) is 12.6. The molecule has 0 aliphatic heterocycles. The van der Waals surface area contributed by atoms with Crippen LogP contribution in [0.1, 0.15) is 24.1 Å². The van der Waals surface area contributed by atoms with Gasteiger partial charge >= 0.3 is 15.5 Å². The van der Waals surface area contributed by atoms with Gasteiger partial charge in [0.1, 0.15) is 5.15 Å². The van der Waals surface area contributed by atoms with Crippen LogP contribution in [0.2, 0.25) is 10.2 Å². The van der Waals surface area contributed by atoms with Crippen LogP contribution in [0.3, 0.4) is 0 Å². The van der Waals surface area contributed by atoms with Crippen molar-refractivity contribution in [1.29, 1.82) is 0 Å². The number of aryl methyl sites for hydroxylation is 1. The second-order valence-corrected chi connectivity index (χ2v) is 7.99. The average Bonchev–Trinajstić information content (AvgIpc) is 2.86. The van der Waals surface area contributed by atoms with Crippen LogP contribution in [-0.4, -0.2) is 23.7 Å². The minimum absolute atomic E-state index is 0.176. The van der Waals surface area contributed by atoms with E-state index in [1.807, 2.05) is 0 Å². The van der Waals surface area contributed by atoms with E-state index in [4.69, 9.17) is 23.2 Å². The first-order valence-corrected chi connectivity index (χ1v) is 9.49. The Morgan fingerprint density at radius 3 is 2.48 bits per heavy atom. The number of alkyl halides is 3. The summed E-state index contributed by atoms with van der Waals surface area (Å²) in [6.07, 6.45) is 3.51. The Morgan fingerprint density at radius 2 is 1.84 bits per heavy atom. The summed E-state index contributed by atoms with van der Waals surface area (Å²) in [6, 6.07) is 3.94. The van der Waals surface area contributed by atoms with Crippen LogP contribution in [0.4, 0.5) is 18.9 Å². The highest BCUT2D eigenvalue weighted by molar-refractivity contribution is 7.93. The highest BCUT2D eigenvalue weighted by atomic mass is 35.5. The van der Waals surface area contributed by atoms with Gasteiger partial charge in [-0.3, -0.25) is 4.72 Å². The van der Waals surface area contributed by atoms with E-state index >= 15 is 0 Å². The summed E-state index contributed by atoms with van der Waals surface area (Å²) in [7, 11) is -5.58. The van der Waals surface area contributed by atoms with Gasteiger partial charge in [0.05, 0.1) is 22.1 Å². The first-order valence-electron chi connectivity index (χ1n) is 7.25. The lowest BCUT2D eigenvalue weighted by Crippen LogP contribution is -2.30. The second-order valence-electron chi connectivity index (χ2n) is 5.55. The fourth-order valence-corrected chi connectivity index (χ4v) is 3.75. The number of anilines is 1. The van der Waals surface area contributed by atoms with Crippen LogP contribution < -0.4 is 4.72 Å². The maximum Gasteiger partial charge on any atom is 0.516 e. The molecule has 1 aromatic carbocycles. The van der Waals surface area contributed by atoms with Gasteiger partial charge in [0, 0.05) is 5.56 Å². The minimum Gasteiger partial charge on any atom is -0.274 e. The molecule has 0 fully saturated rings. The van der Waals surface area contributed by atoms with Crippen molar-refractivity contribution >= 4 is 38.9 Å². The molecule has 0 atom stereocenters. The lowest BCUT2D eigenvalue weighted by molar-refractivity contribution is -0.0429. The van der Waals surface area contributed by atoms with E-state index in [1.54, 1.807) is 0 Å². The van der Waals surface area contributed by atoms with Crippen molar-refractivity contribution in [2.24, 2.45) is 0 Å². The number of nitrogens with zero attached hydrogens (tertiary/aromatic N) is 2. The van der Waals surface area contributed by atoms with E-state index < -0.39 is 21.2 Å². The van der Waals surface area contributed by atoms with Gasteiger partial charge in [-0.15, -0.1) is 0 Å². The number of halogens is 5. The molecule has 5 nitrogen and oxygen atoms in total. The molecule has 0 saturated heterocycles. The van der Waals surface area contributed by atoms with E-state index in [1.165, 1.54) is 21.5 Å². The van der Waals surface area contributed by atoms with Gasteiger partial charge < -0.3 is 0 Å². The molecule has 1 aliphatic rings. The molecule has 3 rings (SSSR count). The molecule has 0 unspecified atom stereocenters. The lowest BCUT2D eigenvalue weighted by atomic mass is 9.99. The second kappa shape index (κ2) is 6.37. The van der Waals surface area contributed by atoms with Crippen LogP contribution in [0.25, 0.3) is 5.69 Å². The van der Waals surface area contributed by atoms with Gasteiger partial charge in [-0.05, 0) is 43.9 Å². The highest BCUT2D eigenvalue weighted by Gasteiger charge is 2.46. The van der Waals surface area contributed by atoms with Crippen LogP contribution >= 0.6 is 23.2 Å². The zero-order chi connectivity index (χ0) is 18.4. The maximum atomic E-state index is 12.6. The number of hydrogen-bond donors (Lipinski definition) is 1. The van der Waals surface area contributed by atoms with Crippen LogP contribution in [-0.2, 0) is 22.9 Å². The van der Waals surface area contributed by atoms with E-state index in [0.717, 1.165) is 43.0 Å². The minimum atomic E-state index is -5.58. The fraction of sp³-hybridized carbons (Fsp3) is 0.357. The number of sulfonamides is 1. The van der Waals surface area contributed by atoms with Gasteiger partial charge in [-0.2, -0.15) is 26.7 Å². The van der Waals surface area contributed by atoms with Crippen molar-refractivity contribution < 1.29 is 21.6 Å². The molecule has 11 heteroatoms. The third-order valence-electron chi connectivity index (χ3n) is 3.84. The summed E-state index contributed by atoms with van der Waals surface area (Å²) < 4.78 is 63.1. The molecule has 0 spiro atoms. The zero-order valence-corrected chi connectivity index (χ0v) is 14.9. The Hall–Kier alpha value is -1.45. The smallest absolute Gasteiger partial charge is 0.274 e. The molecule has 1 aliphatic carbocycles. The summed E-state index contributed by atoms with van der Waals surface area (Å²) >= 11 is 12.1. The van der Waals surface area contributed by atoms with Crippen molar-refractivity contribution in [3.05, 3.63) is 39.6 Å². The number of aromatic nitrogens is 2. The highest BCUT2D eigenvalue weighted by Crippen LogP contribution is 2.33. The number of nitrogens with one attached hydrogen (secondary N) is 1. The molecule has 0 amide bonds. The van der Waals surface area contributed by atoms with Crippen molar-refractivity contribution in [2.45, 2.75) is 31.2 Å². The molecule has 25 heavy (non-hydrogen) atoms. The third kappa shape index (κ3) is 3.45. The summed E-state index contributed by atoms with van der Waals surface area (Å²) in [4.78, 5) is 0. The van der Waals surface area contributed by atoms with Gasteiger partial charge in [-0.25, -0.2) is 4.68 Å². The molecular formula is C14H12Cl2F3N3O2S. The first kappa shape index (κ1) is 18.3. The monoisotopic (exact) mass is 413 g/mol. The summed E-state index contributed by atoms with van der Waals surface area (Å²) in [5.41, 5.74) is -3.80. The molecule has 0 saturated carbocycles. The van der Waals surface area contributed by atoms with Crippen molar-refractivity contribution in [1.82, 2.24) is 9.78 Å². The number of benzene rings is 1. The van der Waals surface area contributed by atoms with Crippen molar-refractivity contribution in [3.63, 3.8) is 0 Å². The van der Waals surface area contributed by atoms with Gasteiger partial charge in [0.25, 0.3) is 0 Å². The predicted molar refractivity (Wildman–Crippen MR) is 88.8 cm³/mol. The first-order chi connectivity index (χ1) is 11.6. The molecular weight excluding hydrogens is 402 g/mol. The predicted octanol–water partition coefficient (Wildman–Crippen LogP) is 4.32. The normalized spacial score (nSPS) is 15.1. The van der Waals surface area contributed by atoms with Crippen molar-refractivity contribution in [3.8, 4) is 5.69 Å². The SMILES string of the molecule is O=S(=O)(Nc1cc(-n2nc3c(c2Cl)CCCC3)ccc1Cl)C(F)(F)F. The Labute approximate surface area is 151 Å². The van der Waals surface area contributed by atoms with E-state index in [2.05, 4.69) is 5.10 Å². The maximum absolute atomic E-state index is 12.6. The average molecular weight is 414 g/mol. The molecule has 1 N–H and O–H groups in total. The number of fused-ring (bicyclic) bond motifs is 1. The van der Waals surface area contributed by atoms with E-state index in [-0.39, 0.29) is 5.02 Å². The standard InChI is InChI=1S/C14H12Cl2F3N3O2S/c15-10-6-5-8(7-12(10)21-25(23,24)14(17,18)19)22-13(16)9-3-1-2-4-11(9)20-22/h5-7,21H,1-4H2. The number of hydrogen-bond acceptors (Lipinski definition) is 3. The topological polar surface area (TPSA) is 64.0 Å². The van der Waals surface area contributed by atoms with Crippen LogP contribution in [0.15, 0.2) is 18.2 Å². The van der Waals surface area contributed by atoms with Gasteiger partial charge in [0.2, 0.25) is 0 Å². The Kier molecular flexibility index (Phi) is 4.67. The molecule has 1 heterocycles. The quantitative estimate of drug-likeness (QED) is 0.814. The van der Waals surface area contributed by atoms with E-state index in [0.29, 0.717) is 10.8 Å². The fourth-order valence-electron chi connectivity index (χ4n) is 2.61. The molecule has 1 aromatic heterocycles. The Morgan fingerprint density at radius 1 is 1.16 bits per heavy atom. The van der Waals surface area contributed by atoms with Gasteiger partial charge in [-0.1, -0.05) is 23.2 Å². The molecule has 0 bridgehead atoms.